The van der Waals surface area contributed by atoms with Gasteiger partial charge in [0.15, 0.2) is 0 Å². The first-order valence-electron chi connectivity index (χ1n) is 8.87. The average Bonchev–Trinajstić information content (AvgIpc) is 2.53. The first-order chi connectivity index (χ1) is 11.0. The topological polar surface area (TPSA) is 25.8 Å². The largest absolute Gasteiger partial charge is 0.253 e. The van der Waals surface area contributed by atoms with Crippen molar-refractivity contribution in [2.75, 3.05) is 0 Å². The van der Waals surface area contributed by atoms with Crippen LogP contribution in [0.25, 0.3) is 11.0 Å². The lowest BCUT2D eigenvalue weighted by Gasteiger charge is -2.29. The van der Waals surface area contributed by atoms with Crippen molar-refractivity contribution < 1.29 is 0 Å². The minimum Gasteiger partial charge on any atom is -0.253 e. The Morgan fingerprint density at radius 3 is 2.57 bits per heavy atom. The molecule has 0 radical (unpaired) electrons. The molecule has 2 heteroatoms. The van der Waals surface area contributed by atoms with Gasteiger partial charge in [-0.05, 0) is 63.0 Å². The zero-order valence-electron chi connectivity index (χ0n) is 14.9. The third kappa shape index (κ3) is 5.46. The molecule has 0 bridgehead atoms. The Bertz CT molecular complexity index is 647. The molecule has 0 spiro atoms. The lowest BCUT2D eigenvalue weighted by atomic mass is 9.76. The molecule has 2 nitrogen and oxygen atoms in total. The molecule has 23 heavy (non-hydrogen) atoms. The van der Waals surface area contributed by atoms with Crippen LogP contribution in [-0.2, 0) is 6.42 Å². The number of aromatic nitrogens is 2. The molecule has 1 aromatic carbocycles. The van der Waals surface area contributed by atoms with Crippen molar-refractivity contribution in [1.29, 1.82) is 0 Å². The fourth-order valence-electron chi connectivity index (χ4n) is 3.31. The van der Waals surface area contributed by atoms with E-state index in [-0.39, 0.29) is 0 Å². The summed E-state index contributed by atoms with van der Waals surface area (Å²) in [6.07, 6.45) is 10.3. The van der Waals surface area contributed by atoms with Gasteiger partial charge >= 0.3 is 0 Å². The van der Waals surface area contributed by atoms with Crippen LogP contribution in [0, 0.1) is 5.41 Å². The zero-order valence-corrected chi connectivity index (χ0v) is 14.9. The highest BCUT2D eigenvalue weighted by molar-refractivity contribution is 5.73. The van der Waals surface area contributed by atoms with Gasteiger partial charge in [0.2, 0.25) is 0 Å². The summed E-state index contributed by atoms with van der Waals surface area (Å²) in [6.45, 7) is 10.9. The molecule has 0 aliphatic carbocycles. The van der Waals surface area contributed by atoms with Gasteiger partial charge in [0.25, 0.3) is 0 Å². The van der Waals surface area contributed by atoms with Crippen LogP contribution >= 0.6 is 0 Å². The summed E-state index contributed by atoms with van der Waals surface area (Å²) in [4.78, 5) is 9.26. The molecule has 1 aromatic heterocycles. The Morgan fingerprint density at radius 1 is 1.13 bits per heavy atom. The Balaban J connectivity index is 1.93. The molecule has 2 aromatic rings. The summed E-state index contributed by atoms with van der Waals surface area (Å²) in [6, 6.07) is 8.09. The van der Waals surface area contributed by atoms with E-state index in [1.807, 2.05) is 30.5 Å². The van der Waals surface area contributed by atoms with Crippen molar-refractivity contribution in [3.63, 3.8) is 0 Å². The van der Waals surface area contributed by atoms with E-state index in [1.165, 1.54) is 37.7 Å². The first-order valence-corrected chi connectivity index (χ1v) is 8.87. The normalized spacial score (nSPS) is 13.9. The van der Waals surface area contributed by atoms with Crippen LogP contribution in [0.3, 0.4) is 0 Å². The monoisotopic (exact) mass is 310 g/mol. The molecular formula is C21H30N2. The summed E-state index contributed by atoms with van der Waals surface area (Å²) in [5, 5.41) is 0. The van der Waals surface area contributed by atoms with E-state index >= 15 is 0 Å². The summed E-state index contributed by atoms with van der Waals surface area (Å²) in [7, 11) is 0. The third-order valence-corrected chi connectivity index (χ3v) is 4.72. The van der Waals surface area contributed by atoms with Crippen LogP contribution in [-0.4, -0.2) is 9.97 Å². The lowest BCUT2D eigenvalue weighted by molar-refractivity contribution is 0.240. The number of allylic oxidation sites excluding steroid dienone is 1. The number of aryl methyl sites for hydroxylation is 1. The predicted molar refractivity (Wildman–Crippen MR) is 99.5 cm³/mol. The maximum absolute atomic E-state index is 4.74. The van der Waals surface area contributed by atoms with Crippen LogP contribution < -0.4 is 0 Å². The Kier molecular flexibility index (Phi) is 6.32. The highest BCUT2D eigenvalue weighted by Crippen LogP contribution is 2.35. The van der Waals surface area contributed by atoms with Crippen molar-refractivity contribution in [2.24, 2.45) is 5.41 Å². The molecule has 0 fully saturated rings. The van der Waals surface area contributed by atoms with E-state index < -0.39 is 0 Å². The molecular weight excluding hydrogens is 280 g/mol. The molecule has 2 rings (SSSR count). The van der Waals surface area contributed by atoms with Crippen LogP contribution in [0.5, 0.6) is 0 Å². The highest BCUT2D eigenvalue weighted by Gasteiger charge is 2.22. The molecule has 0 amide bonds. The Labute approximate surface area is 141 Å². The Morgan fingerprint density at radius 2 is 1.87 bits per heavy atom. The van der Waals surface area contributed by atoms with E-state index in [0.29, 0.717) is 5.41 Å². The van der Waals surface area contributed by atoms with Gasteiger partial charge in [0, 0.05) is 6.20 Å². The minimum absolute atomic E-state index is 0.429. The van der Waals surface area contributed by atoms with E-state index in [2.05, 4.69) is 32.3 Å². The maximum Gasteiger partial charge on any atom is 0.0890 e. The van der Waals surface area contributed by atoms with Crippen molar-refractivity contribution in [2.45, 2.75) is 65.7 Å². The summed E-state index contributed by atoms with van der Waals surface area (Å²) < 4.78 is 0. The third-order valence-electron chi connectivity index (χ3n) is 4.72. The minimum atomic E-state index is 0.429. The van der Waals surface area contributed by atoms with E-state index in [9.17, 15) is 0 Å². The van der Waals surface area contributed by atoms with Gasteiger partial charge in [-0.2, -0.15) is 0 Å². The number of rotatable bonds is 9. The molecule has 1 heterocycles. The number of fused-ring (bicyclic) bond motifs is 1. The SMILES string of the molecule is C=C(C)CCC(C)(CCC)CCCc1cnc2ccccc2n1. The van der Waals surface area contributed by atoms with Crippen molar-refractivity contribution >= 4 is 11.0 Å². The maximum atomic E-state index is 4.74. The second-order valence-corrected chi connectivity index (χ2v) is 7.22. The Hall–Kier alpha value is -1.70. The molecule has 0 aliphatic rings. The van der Waals surface area contributed by atoms with Crippen LogP contribution in [0.15, 0.2) is 42.6 Å². The fraction of sp³-hybridized carbons (Fsp3) is 0.524. The molecule has 0 N–H and O–H groups in total. The van der Waals surface area contributed by atoms with E-state index in [4.69, 9.17) is 4.98 Å². The molecule has 0 saturated carbocycles. The van der Waals surface area contributed by atoms with Gasteiger partial charge in [-0.3, -0.25) is 4.98 Å². The van der Waals surface area contributed by atoms with E-state index in [0.717, 1.165) is 29.6 Å². The summed E-state index contributed by atoms with van der Waals surface area (Å²) in [5.41, 5.74) is 4.82. The highest BCUT2D eigenvalue weighted by atomic mass is 14.8. The van der Waals surface area contributed by atoms with Crippen LogP contribution in [0.1, 0.15) is 65.0 Å². The van der Waals surface area contributed by atoms with Crippen LogP contribution in [0.2, 0.25) is 0 Å². The van der Waals surface area contributed by atoms with Crippen molar-refractivity contribution in [1.82, 2.24) is 9.97 Å². The first kappa shape index (κ1) is 17.7. The molecule has 0 saturated heterocycles. The number of nitrogens with zero attached hydrogens (tertiary/aromatic N) is 2. The second-order valence-electron chi connectivity index (χ2n) is 7.22. The van der Waals surface area contributed by atoms with Gasteiger partial charge in [-0.1, -0.05) is 38.0 Å². The van der Waals surface area contributed by atoms with E-state index in [1.54, 1.807) is 0 Å². The number of para-hydroxylation sites is 2. The van der Waals surface area contributed by atoms with Crippen LogP contribution in [0.4, 0.5) is 0 Å². The number of hydrogen-bond donors (Lipinski definition) is 0. The smallest absolute Gasteiger partial charge is 0.0890 e. The van der Waals surface area contributed by atoms with Crippen molar-refractivity contribution in [3.8, 4) is 0 Å². The van der Waals surface area contributed by atoms with Gasteiger partial charge in [-0.25, -0.2) is 4.98 Å². The lowest BCUT2D eigenvalue weighted by Crippen LogP contribution is -2.17. The second kappa shape index (κ2) is 8.24. The number of benzene rings is 1. The standard InChI is InChI=1S/C21H30N2/c1-5-13-21(4,15-12-17(2)3)14-8-9-18-16-22-19-10-6-7-11-20(19)23-18/h6-7,10-11,16H,2,5,8-9,12-15H2,1,3-4H3. The molecule has 1 unspecified atom stereocenters. The van der Waals surface area contributed by atoms with Gasteiger partial charge in [-0.15, -0.1) is 6.58 Å². The van der Waals surface area contributed by atoms with Gasteiger partial charge in [0.1, 0.15) is 0 Å². The molecule has 124 valence electrons. The molecule has 1 atom stereocenters. The van der Waals surface area contributed by atoms with Crippen molar-refractivity contribution in [3.05, 3.63) is 48.3 Å². The fourth-order valence-corrected chi connectivity index (χ4v) is 3.31. The summed E-state index contributed by atoms with van der Waals surface area (Å²) >= 11 is 0. The van der Waals surface area contributed by atoms with Gasteiger partial charge in [0.05, 0.1) is 16.7 Å². The molecule has 0 aliphatic heterocycles. The van der Waals surface area contributed by atoms with Gasteiger partial charge < -0.3 is 0 Å². The number of hydrogen-bond acceptors (Lipinski definition) is 2. The predicted octanol–water partition coefficient (Wildman–Crippen LogP) is 6.12. The zero-order chi connectivity index (χ0) is 16.7. The average molecular weight is 310 g/mol. The summed E-state index contributed by atoms with van der Waals surface area (Å²) in [5.74, 6) is 0. The quantitative estimate of drug-likeness (QED) is 0.522.